The number of carbonyl (C=O) groups is 1. The molecule has 1 aliphatic heterocycles. The lowest BCUT2D eigenvalue weighted by Gasteiger charge is -2.32. The molecule has 6 nitrogen and oxygen atoms in total. The van der Waals surface area contributed by atoms with Crippen LogP contribution >= 0.6 is 0 Å². The highest BCUT2D eigenvalue weighted by Crippen LogP contribution is 2.20. The zero-order chi connectivity index (χ0) is 17.6. The van der Waals surface area contributed by atoms with Crippen molar-refractivity contribution in [2.45, 2.75) is 32.2 Å². The molecule has 0 atom stereocenters. The Labute approximate surface area is 148 Å². The van der Waals surface area contributed by atoms with Crippen molar-refractivity contribution in [3.8, 4) is 5.75 Å². The number of anilines is 1. The monoisotopic (exact) mass is 340 g/mol. The number of aryl methyl sites for hydroxylation is 1. The van der Waals surface area contributed by atoms with Crippen LogP contribution in [0, 0.1) is 6.92 Å². The van der Waals surface area contributed by atoms with E-state index in [4.69, 9.17) is 4.74 Å². The van der Waals surface area contributed by atoms with Gasteiger partial charge >= 0.3 is 0 Å². The highest BCUT2D eigenvalue weighted by atomic mass is 16.5. The fourth-order valence-corrected chi connectivity index (χ4v) is 3.14. The molecule has 6 heteroatoms. The summed E-state index contributed by atoms with van der Waals surface area (Å²) in [5.41, 5.74) is 1.83. The van der Waals surface area contributed by atoms with Crippen LogP contribution in [-0.2, 0) is 11.2 Å². The van der Waals surface area contributed by atoms with E-state index in [2.05, 4.69) is 15.3 Å². The molecule has 1 N–H and O–H groups in total. The number of piperidine rings is 1. The predicted octanol–water partition coefficient (Wildman–Crippen LogP) is 2.44. The first-order valence-electron chi connectivity index (χ1n) is 8.60. The van der Waals surface area contributed by atoms with E-state index in [1.165, 1.54) is 0 Å². The van der Waals surface area contributed by atoms with E-state index >= 15 is 0 Å². The van der Waals surface area contributed by atoms with Gasteiger partial charge in [-0.15, -0.1) is 0 Å². The minimum atomic E-state index is 0.151. The van der Waals surface area contributed by atoms with Crippen LogP contribution in [0.4, 0.5) is 5.82 Å². The highest BCUT2D eigenvalue weighted by Gasteiger charge is 2.23. The summed E-state index contributed by atoms with van der Waals surface area (Å²) in [5.74, 6) is 1.72. The molecule has 1 aromatic heterocycles. The molecule has 132 valence electrons. The van der Waals surface area contributed by atoms with Crippen molar-refractivity contribution < 1.29 is 9.53 Å². The van der Waals surface area contributed by atoms with E-state index in [0.29, 0.717) is 12.5 Å². The number of hydrogen-bond acceptors (Lipinski definition) is 5. The molecule has 0 unspecified atom stereocenters. The van der Waals surface area contributed by atoms with Crippen molar-refractivity contribution in [3.05, 3.63) is 47.9 Å². The van der Waals surface area contributed by atoms with E-state index < -0.39 is 0 Å². The van der Waals surface area contributed by atoms with Gasteiger partial charge in [-0.05, 0) is 25.8 Å². The van der Waals surface area contributed by atoms with Gasteiger partial charge in [0.05, 0.1) is 25.4 Å². The zero-order valence-corrected chi connectivity index (χ0v) is 14.7. The number of nitrogens with zero attached hydrogens (tertiary/aromatic N) is 3. The van der Waals surface area contributed by atoms with Gasteiger partial charge in [0, 0.05) is 30.9 Å². The summed E-state index contributed by atoms with van der Waals surface area (Å²) in [6, 6.07) is 8.01. The number of benzene rings is 1. The minimum absolute atomic E-state index is 0.151. The van der Waals surface area contributed by atoms with Gasteiger partial charge in [0.2, 0.25) is 5.91 Å². The van der Waals surface area contributed by atoms with Gasteiger partial charge in [0.1, 0.15) is 11.6 Å². The first kappa shape index (κ1) is 17.2. The lowest BCUT2D eigenvalue weighted by Crippen LogP contribution is -2.43. The Morgan fingerprint density at radius 1 is 1.28 bits per heavy atom. The molecule has 0 saturated carbocycles. The van der Waals surface area contributed by atoms with Crippen molar-refractivity contribution in [1.82, 2.24) is 14.9 Å². The quantitative estimate of drug-likeness (QED) is 0.905. The summed E-state index contributed by atoms with van der Waals surface area (Å²) < 4.78 is 5.33. The predicted molar refractivity (Wildman–Crippen MR) is 96.7 cm³/mol. The van der Waals surface area contributed by atoms with E-state index in [1.807, 2.05) is 36.1 Å². The Kier molecular flexibility index (Phi) is 5.48. The van der Waals surface area contributed by atoms with Crippen LogP contribution in [0.1, 0.15) is 24.1 Å². The van der Waals surface area contributed by atoms with Gasteiger partial charge in [0.25, 0.3) is 0 Å². The molecule has 1 aromatic carbocycles. The molecule has 1 fully saturated rings. The molecular weight excluding hydrogens is 316 g/mol. The molecular formula is C19H24N4O2. The number of aromatic nitrogens is 2. The van der Waals surface area contributed by atoms with Crippen LogP contribution in [0.3, 0.4) is 0 Å². The second-order valence-electron chi connectivity index (χ2n) is 6.33. The zero-order valence-electron chi connectivity index (χ0n) is 14.7. The maximum atomic E-state index is 12.6. The number of ether oxygens (including phenoxy) is 1. The summed E-state index contributed by atoms with van der Waals surface area (Å²) in [7, 11) is 1.63. The summed E-state index contributed by atoms with van der Waals surface area (Å²) >= 11 is 0. The van der Waals surface area contributed by atoms with Crippen LogP contribution in [0.25, 0.3) is 0 Å². The number of likely N-dealkylation sites (tertiary alicyclic amines) is 1. The van der Waals surface area contributed by atoms with Gasteiger partial charge < -0.3 is 15.0 Å². The SMILES string of the molecule is COc1ccccc1CC(=O)N1CCC(Nc2cncc(C)n2)CC1. The van der Waals surface area contributed by atoms with Gasteiger partial charge in [-0.2, -0.15) is 0 Å². The smallest absolute Gasteiger partial charge is 0.227 e. The van der Waals surface area contributed by atoms with Gasteiger partial charge in [-0.1, -0.05) is 18.2 Å². The molecule has 0 aliphatic carbocycles. The second kappa shape index (κ2) is 7.96. The molecule has 25 heavy (non-hydrogen) atoms. The second-order valence-corrected chi connectivity index (χ2v) is 6.33. The normalized spacial score (nSPS) is 15.0. The Balaban J connectivity index is 1.52. The largest absolute Gasteiger partial charge is 0.496 e. The van der Waals surface area contributed by atoms with Crippen LogP contribution in [0.15, 0.2) is 36.7 Å². The molecule has 3 rings (SSSR count). The molecule has 1 saturated heterocycles. The number of carbonyl (C=O) groups excluding carboxylic acids is 1. The standard InChI is InChI=1S/C19H24N4O2/c1-14-12-20-13-18(21-14)22-16-7-9-23(10-8-16)19(24)11-15-5-3-4-6-17(15)25-2/h3-6,12-13,16H,7-11H2,1-2H3,(H,21,22). The molecule has 0 radical (unpaired) electrons. The number of nitrogens with one attached hydrogen (secondary N) is 1. The van der Waals surface area contributed by atoms with Crippen LogP contribution in [-0.4, -0.2) is 47.0 Å². The van der Waals surface area contributed by atoms with E-state index in [9.17, 15) is 4.79 Å². The van der Waals surface area contributed by atoms with Crippen molar-refractivity contribution in [2.75, 3.05) is 25.5 Å². The van der Waals surface area contributed by atoms with Crippen molar-refractivity contribution in [2.24, 2.45) is 0 Å². The third-order valence-electron chi connectivity index (χ3n) is 4.49. The number of rotatable bonds is 5. The maximum absolute atomic E-state index is 12.6. The van der Waals surface area contributed by atoms with Crippen molar-refractivity contribution in [3.63, 3.8) is 0 Å². The first-order chi connectivity index (χ1) is 12.2. The van der Waals surface area contributed by atoms with Crippen molar-refractivity contribution in [1.29, 1.82) is 0 Å². The molecule has 0 bridgehead atoms. The summed E-state index contributed by atoms with van der Waals surface area (Å²) in [5, 5.41) is 3.42. The fourth-order valence-electron chi connectivity index (χ4n) is 3.14. The lowest BCUT2D eigenvalue weighted by atomic mass is 10.0. The number of methoxy groups -OCH3 is 1. The Morgan fingerprint density at radius 3 is 2.76 bits per heavy atom. The summed E-state index contributed by atoms with van der Waals surface area (Å²) in [6.07, 6.45) is 5.68. The topological polar surface area (TPSA) is 67.3 Å². The summed E-state index contributed by atoms with van der Waals surface area (Å²) in [4.78, 5) is 23.1. The fraction of sp³-hybridized carbons (Fsp3) is 0.421. The number of para-hydroxylation sites is 1. The first-order valence-corrected chi connectivity index (χ1v) is 8.60. The third-order valence-corrected chi connectivity index (χ3v) is 4.49. The molecule has 0 spiro atoms. The Bertz CT molecular complexity index is 727. The minimum Gasteiger partial charge on any atom is -0.496 e. The molecule has 2 aromatic rings. The average molecular weight is 340 g/mol. The van der Waals surface area contributed by atoms with E-state index in [0.717, 1.165) is 48.8 Å². The average Bonchev–Trinajstić information content (AvgIpc) is 2.63. The Morgan fingerprint density at radius 2 is 2.04 bits per heavy atom. The third kappa shape index (κ3) is 4.47. The molecule has 1 amide bonds. The lowest BCUT2D eigenvalue weighted by molar-refractivity contribution is -0.131. The maximum Gasteiger partial charge on any atom is 0.227 e. The summed E-state index contributed by atoms with van der Waals surface area (Å²) in [6.45, 7) is 3.44. The van der Waals surface area contributed by atoms with Gasteiger partial charge in [0.15, 0.2) is 0 Å². The Hall–Kier alpha value is -2.63. The van der Waals surface area contributed by atoms with Crippen LogP contribution < -0.4 is 10.1 Å². The number of amides is 1. The van der Waals surface area contributed by atoms with Gasteiger partial charge in [-0.25, -0.2) is 4.98 Å². The van der Waals surface area contributed by atoms with Crippen LogP contribution in [0.5, 0.6) is 5.75 Å². The molecule has 1 aliphatic rings. The van der Waals surface area contributed by atoms with Crippen LogP contribution in [0.2, 0.25) is 0 Å². The molecule has 2 heterocycles. The van der Waals surface area contributed by atoms with E-state index in [-0.39, 0.29) is 5.91 Å². The number of hydrogen-bond donors (Lipinski definition) is 1. The highest BCUT2D eigenvalue weighted by molar-refractivity contribution is 5.79. The van der Waals surface area contributed by atoms with E-state index in [1.54, 1.807) is 19.5 Å². The van der Waals surface area contributed by atoms with Crippen molar-refractivity contribution >= 4 is 11.7 Å². The van der Waals surface area contributed by atoms with Gasteiger partial charge in [-0.3, -0.25) is 9.78 Å².